The van der Waals surface area contributed by atoms with E-state index < -0.39 is 40.9 Å². The Kier molecular flexibility index (Phi) is 6.92. The van der Waals surface area contributed by atoms with Gasteiger partial charge in [-0.25, -0.2) is 13.2 Å². The molecule has 0 fully saturated rings. The Bertz CT molecular complexity index is 1070. The summed E-state index contributed by atoms with van der Waals surface area (Å²) < 4.78 is 46.5. The molecular weight excluding hydrogens is 409 g/mol. The second kappa shape index (κ2) is 9.80. The summed E-state index contributed by atoms with van der Waals surface area (Å²) in [6, 6.07) is 15.8. The van der Waals surface area contributed by atoms with E-state index in [2.05, 4.69) is 5.32 Å². The lowest BCUT2D eigenvalue weighted by molar-refractivity contribution is -0.119. The Morgan fingerprint density at radius 3 is 2.19 bits per heavy atom. The van der Waals surface area contributed by atoms with Gasteiger partial charge in [-0.15, -0.1) is 0 Å². The van der Waals surface area contributed by atoms with Crippen molar-refractivity contribution in [3.63, 3.8) is 0 Å². The molecule has 0 aromatic heterocycles. The van der Waals surface area contributed by atoms with Crippen LogP contribution in [0.5, 0.6) is 5.75 Å². The number of nitrogens with one attached hydrogen (secondary N) is 1. The van der Waals surface area contributed by atoms with Gasteiger partial charge in [0.15, 0.2) is 0 Å². The molecule has 5 nitrogen and oxygen atoms in total. The van der Waals surface area contributed by atoms with Gasteiger partial charge in [0, 0.05) is 18.6 Å². The number of carbonyl (C=O) groups excluding carboxylic acids is 2. The van der Waals surface area contributed by atoms with Crippen molar-refractivity contribution in [3.05, 3.63) is 101 Å². The highest BCUT2D eigenvalue weighted by Gasteiger charge is 2.24. The maximum atomic E-state index is 13.8. The van der Waals surface area contributed by atoms with Gasteiger partial charge in [-0.1, -0.05) is 42.5 Å². The van der Waals surface area contributed by atoms with Crippen molar-refractivity contribution in [2.45, 2.75) is 19.1 Å². The van der Waals surface area contributed by atoms with Gasteiger partial charge in [-0.3, -0.25) is 9.59 Å². The monoisotopic (exact) mass is 428 g/mol. The molecule has 0 unspecified atom stereocenters. The van der Waals surface area contributed by atoms with Crippen molar-refractivity contribution in [1.29, 1.82) is 0 Å². The van der Waals surface area contributed by atoms with Gasteiger partial charge in [-0.2, -0.15) is 0 Å². The molecule has 1 atom stereocenters. The number of hydrogen-bond donors (Lipinski definition) is 2. The molecule has 0 aliphatic rings. The summed E-state index contributed by atoms with van der Waals surface area (Å²) in [5.41, 5.74) is 5.94. The van der Waals surface area contributed by atoms with Gasteiger partial charge in [0.2, 0.25) is 5.91 Å². The largest absolute Gasteiger partial charge is 0.489 e. The molecule has 3 aromatic rings. The van der Waals surface area contributed by atoms with Crippen molar-refractivity contribution < 1.29 is 27.5 Å². The van der Waals surface area contributed by atoms with Crippen LogP contribution in [-0.2, 0) is 17.8 Å². The van der Waals surface area contributed by atoms with Crippen LogP contribution < -0.4 is 15.8 Å². The number of ether oxygens (including phenoxy) is 1. The number of rotatable bonds is 8. The van der Waals surface area contributed by atoms with Crippen molar-refractivity contribution in [1.82, 2.24) is 5.32 Å². The third kappa shape index (κ3) is 5.85. The minimum absolute atomic E-state index is 0.0337. The first-order valence-corrected chi connectivity index (χ1v) is 9.34. The first-order valence-electron chi connectivity index (χ1n) is 9.34. The molecule has 0 heterocycles. The Labute approximate surface area is 176 Å². The van der Waals surface area contributed by atoms with Crippen LogP contribution in [0.25, 0.3) is 0 Å². The fourth-order valence-electron chi connectivity index (χ4n) is 2.95. The van der Waals surface area contributed by atoms with Crippen LogP contribution in [0.15, 0.2) is 66.7 Å². The summed E-state index contributed by atoms with van der Waals surface area (Å²) >= 11 is 0. The van der Waals surface area contributed by atoms with Crippen LogP contribution in [-0.4, -0.2) is 17.9 Å². The van der Waals surface area contributed by atoms with Crippen LogP contribution in [0.3, 0.4) is 0 Å². The second-order valence-electron chi connectivity index (χ2n) is 6.80. The van der Waals surface area contributed by atoms with Crippen molar-refractivity contribution in [2.75, 3.05) is 0 Å². The van der Waals surface area contributed by atoms with Gasteiger partial charge in [0.25, 0.3) is 5.91 Å². The minimum Gasteiger partial charge on any atom is -0.489 e. The Balaban J connectivity index is 1.70. The zero-order chi connectivity index (χ0) is 22.4. The fourth-order valence-corrected chi connectivity index (χ4v) is 2.95. The summed E-state index contributed by atoms with van der Waals surface area (Å²) in [7, 11) is 0. The first kappa shape index (κ1) is 21.9. The summed E-state index contributed by atoms with van der Waals surface area (Å²) in [5.74, 6) is -5.50. The standard InChI is InChI=1S/C23H19F3N2O3/c24-16-11-18(25)21(19(26)12-16)23(30)28-20(22(27)29)10-15-7-4-8-17(9-15)31-13-14-5-2-1-3-6-14/h1-9,11-12,20H,10,13H2,(H2,27,29)(H,28,30)/t20-/m0/s1. The number of halogens is 3. The molecule has 3 aromatic carbocycles. The third-order valence-corrected chi connectivity index (χ3v) is 4.47. The molecule has 3 N–H and O–H groups in total. The van der Waals surface area contributed by atoms with Crippen molar-refractivity contribution >= 4 is 11.8 Å². The number of hydrogen-bond acceptors (Lipinski definition) is 3. The first-order chi connectivity index (χ1) is 14.8. The van der Waals surface area contributed by atoms with E-state index in [0.717, 1.165) is 5.56 Å². The highest BCUT2D eigenvalue weighted by Crippen LogP contribution is 2.18. The molecule has 31 heavy (non-hydrogen) atoms. The van der Waals surface area contributed by atoms with E-state index in [4.69, 9.17) is 10.5 Å². The fraction of sp³-hybridized carbons (Fsp3) is 0.130. The molecule has 0 radical (unpaired) electrons. The molecule has 160 valence electrons. The summed E-state index contributed by atoms with van der Waals surface area (Å²) in [5, 5.41) is 2.20. The summed E-state index contributed by atoms with van der Waals surface area (Å²) in [6.07, 6.45) is -0.0337. The van der Waals surface area contributed by atoms with E-state index in [1.54, 1.807) is 24.3 Å². The van der Waals surface area contributed by atoms with Crippen molar-refractivity contribution in [3.8, 4) is 5.75 Å². The lowest BCUT2D eigenvalue weighted by Gasteiger charge is -2.17. The van der Waals surface area contributed by atoms with Crippen LogP contribution in [0.1, 0.15) is 21.5 Å². The topological polar surface area (TPSA) is 81.4 Å². The molecule has 8 heteroatoms. The van der Waals surface area contributed by atoms with Crippen LogP contribution in [0.2, 0.25) is 0 Å². The predicted molar refractivity (Wildman–Crippen MR) is 108 cm³/mol. The maximum absolute atomic E-state index is 13.8. The number of amides is 2. The molecule has 2 amide bonds. The average molecular weight is 428 g/mol. The lowest BCUT2D eigenvalue weighted by Crippen LogP contribution is -2.46. The molecular formula is C23H19F3N2O3. The molecule has 3 rings (SSSR count). The third-order valence-electron chi connectivity index (χ3n) is 4.47. The van der Waals surface area contributed by atoms with E-state index in [1.807, 2.05) is 30.3 Å². The highest BCUT2D eigenvalue weighted by atomic mass is 19.1. The van der Waals surface area contributed by atoms with Gasteiger partial charge in [0.1, 0.15) is 41.4 Å². The minimum atomic E-state index is -1.38. The quantitative estimate of drug-likeness (QED) is 0.576. The highest BCUT2D eigenvalue weighted by molar-refractivity contribution is 5.97. The second-order valence-corrected chi connectivity index (χ2v) is 6.80. The van der Waals surface area contributed by atoms with Gasteiger partial charge < -0.3 is 15.8 Å². The zero-order valence-corrected chi connectivity index (χ0v) is 16.3. The number of benzene rings is 3. The molecule has 0 aliphatic heterocycles. The van der Waals surface area contributed by atoms with Gasteiger partial charge >= 0.3 is 0 Å². The Hall–Kier alpha value is -3.81. The average Bonchev–Trinajstić information content (AvgIpc) is 2.72. The van der Waals surface area contributed by atoms with Crippen LogP contribution in [0, 0.1) is 17.5 Å². The van der Waals surface area contributed by atoms with E-state index in [1.165, 1.54) is 0 Å². The smallest absolute Gasteiger partial charge is 0.257 e. The van der Waals surface area contributed by atoms with E-state index in [-0.39, 0.29) is 6.42 Å². The Morgan fingerprint density at radius 2 is 1.55 bits per heavy atom. The van der Waals surface area contributed by atoms with Crippen LogP contribution >= 0.6 is 0 Å². The molecule has 0 aliphatic carbocycles. The maximum Gasteiger partial charge on any atom is 0.257 e. The molecule has 0 bridgehead atoms. The number of carbonyl (C=O) groups is 2. The summed E-state index contributed by atoms with van der Waals surface area (Å²) in [6.45, 7) is 0.337. The van der Waals surface area contributed by atoms with Gasteiger partial charge in [-0.05, 0) is 23.3 Å². The normalized spacial score (nSPS) is 11.6. The van der Waals surface area contributed by atoms with Crippen LogP contribution in [0.4, 0.5) is 13.2 Å². The summed E-state index contributed by atoms with van der Waals surface area (Å²) in [4.78, 5) is 24.1. The van der Waals surface area contributed by atoms with E-state index in [0.29, 0.717) is 30.1 Å². The SMILES string of the molecule is NC(=O)[C@H](Cc1cccc(OCc2ccccc2)c1)NC(=O)c1c(F)cc(F)cc1F. The van der Waals surface area contributed by atoms with E-state index in [9.17, 15) is 22.8 Å². The molecule has 0 saturated heterocycles. The molecule has 0 saturated carbocycles. The van der Waals surface area contributed by atoms with Gasteiger partial charge in [0.05, 0.1) is 0 Å². The zero-order valence-electron chi connectivity index (χ0n) is 16.3. The number of primary amides is 1. The predicted octanol–water partition coefficient (Wildman–Crippen LogP) is 3.51. The van der Waals surface area contributed by atoms with Crippen molar-refractivity contribution in [2.24, 2.45) is 5.73 Å². The lowest BCUT2D eigenvalue weighted by atomic mass is 10.0. The number of nitrogens with two attached hydrogens (primary N) is 1. The molecule has 0 spiro atoms. The van der Waals surface area contributed by atoms with E-state index >= 15 is 0 Å². The Morgan fingerprint density at radius 1 is 0.903 bits per heavy atom.